The molecule has 26 heavy (non-hydrogen) atoms. The third kappa shape index (κ3) is 3.86. The molecule has 134 valence electrons. The summed E-state index contributed by atoms with van der Waals surface area (Å²) < 4.78 is 10.1. The number of benzene rings is 2. The molecule has 0 aliphatic carbocycles. The lowest BCUT2D eigenvalue weighted by molar-refractivity contribution is -0.125. The van der Waals surface area contributed by atoms with Crippen molar-refractivity contribution in [3.05, 3.63) is 64.2 Å². The summed E-state index contributed by atoms with van der Waals surface area (Å²) in [7, 11) is 0. The van der Waals surface area contributed by atoms with Gasteiger partial charge < -0.3 is 14.8 Å². The lowest BCUT2D eigenvalue weighted by Crippen LogP contribution is -2.38. The summed E-state index contributed by atoms with van der Waals surface area (Å²) >= 11 is 5.88. The van der Waals surface area contributed by atoms with Crippen LogP contribution in [0.1, 0.15) is 33.2 Å². The summed E-state index contributed by atoms with van der Waals surface area (Å²) in [5, 5.41) is 3.11. The second-order valence-corrected chi connectivity index (χ2v) is 6.12. The van der Waals surface area contributed by atoms with E-state index in [9.17, 15) is 14.4 Å². The third-order valence-electron chi connectivity index (χ3n) is 3.90. The Labute approximate surface area is 155 Å². The number of carbonyl (C=O) groups is 3. The standard InChI is InChI=1S/C19H16ClNO5/c1-2-25-18(23)11-4-7-14(8-5-11)21-17(22)16-9-12-3-6-13(20)10-15(12)19(24)26-16/h3-8,10,16H,2,9H2,1H3,(H,21,22)/t16-/m0/s1. The van der Waals surface area contributed by atoms with E-state index in [-0.39, 0.29) is 13.0 Å². The number of fused-ring (bicyclic) bond motifs is 1. The van der Waals surface area contributed by atoms with Crippen molar-refractivity contribution in [1.82, 2.24) is 0 Å². The fourth-order valence-electron chi connectivity index (χ4n) is 2.62. The van der Waals surface area contributed by atoms with E-state index in [0.717, 1.165) is 0 Å². The minimum atomic E-state index is -0.930. The van der Waals surface area contributed by atoms with Crippen LogP contribution in [-0.4, -0.2) is 30.6 Å². The molecule has 1 aliphatic rings. The number of amides is 1. The van der Waals surface area contributed by atoms with Gasteiger partial charge in [-0.25, -0.2) is 9.59 Å². The van der Waals surface area contributed by atoms with Crippen LogP contribution in [0.2, 0.25) is 5.02 Å². The molecule has 1 atom stereocenters. The number of hydrogen-bond acceptors (Lipinski definition) is 5. The first-order chi connectivity index (χ1) is 12.5. The van der Waals surface area contributed by atoms with Gasteiger partial charge in [0.2, 0.25) is 0 Å². The van der Waals surface area contributed by atoms with Crippen LogP contribution < -0.4 is 5.32 Å². The SMILES string of the molecule is CCOC(=O)c1ccc(NC(=O)[C@@H]2Cc3ccc(Cl)cc3C(=O)O2)cc1. The molecule has 0 unspecified atom stereocenters. The van der Waals surface area contributed by atoms with Crippen LogP contribution in [0, 0.1) is 0 Å². The summed E-state index contributed by atoms with van der Waals surface area (Å²) in [6.07, 6.45) is -0.661. The van der Waals surface area contributed by atoms with Crippen LogP contribution in [0.3, 0.4) is 0 Å². The second kappa shape index (κ2) is 7.58. The van der Waals surface area contributed by atoms with E-state index in [1.807, 2.05) is 0 Å². The Morgan fingerprint density at radius 2 is 1.96 bits per heavy atom. The maximum absolute atomic E-state index is 12.4. The summed E-state index contributed by atoms with van der Waals surface area (Å²) in [5.41, 5.74) is 1.96. The van der Waals surface area contributed by atoms with Gasteiger partial charge in [0.05, 0.1) is 17.7 Å². The largest absolute Gasteiger partial charge is 0.462 e. The Bertz CT molecular complexity index is 863. The van der Waals surface area contributed by atoms with Crippen LogP contribution in [0.25, 0.3) is 0 Å². The van der Waals surface area contributed by atoms with Gasteiger partial charge in [-0.05, 0) is 48.9 Å². The number of carbonyl (C=O) groups excluding carboxylic acids is 3. The number of ether oxygens (including phenoxy) is 2. The maximum atomic E-state index is 12.4. The third-order valence-corrected chi connectivity index (χ3v) is 4.14. The molecule has 0 spiro atoms. The topological polar surface area (TPSA) is 81.7 Å². The van der Waals surface area contributed by atoms with Crippen molar-refractivity contribution in [1.29, 1.82) is 0 Å². The second-order valence-electron chi connectivity index (χ2n) is 5.69. The van der Waals surface area contributed by atoms with Gasteiger partial charge in [-0.1, -0.05) is 17.7 Å². The summed E-state index contributed by atoms with van der Waals surface area (Å²) in [4.78, 5) is 36.1. The van der Waals surface area contributed by atoms with E-state index in [2.05, 4.69) is 5.32 Å². The van der Waals surface area contributed by atoms with E-state index in [1.165, 1.54) is 6.07 Å². The predicted molar refractivity (Wildman–Crippen MR) is 95.4 cm³/mol. The van der Waals surface area contributed by atoms with Gasteiger partial charge in [-0.3, -0.25) is 4.79 Å². The monoisotopic (exact) mass is 373 g/mol. The van der Waals surface area contributed by atoms with Crippen LogP contribution >= 0.6 is 11.6 Å². The molecular weight excluding hydrogens is 358 g/mol. The van der Waals surface area contributed by atoms with Gasteiger partial charge in [0.25, 0.3) is 5.91 Å². The van der Waals surface area contributed by atoms with Gasteiger partial charge in [0, 0.05) is 17.1 Å². The first-order valence-electron chi connectivity index (χ1n) is 8.05. The molecule has 0 saturated carbocycles. The van der Waals surface area contributed by atoms with Crippen LogP contribution in [0.4, 0.5) is 5.69 Å². The van der Waals surface area contributed by atoms with Crippen LogP contribution in [0.15, 0.2) is 42.5 Å². The van der Waals surface area contributed by atoms with E-state index >= 15 is 0 Å². The molecule has 3 rings (SSSR count). The Balaban J connectivity index is 1.68. The lowest BCUT2D eigenvalue weighted by Gasteiger charge is -2.24. The van der Waals surface area contributed by atoms with E-state index in [1.54, 1.807) is 43.3 Å². The number of halogens is 1. The van der Waals surface area contributed by atoms with Crippen molar-refractivity contribution in [3.8, 4) is 0 Å². The molecule has 1 amide bonds. The first-order valence-corrected chi connectivity index (χ1v) is 8.43. The van der Waals surface area contributed by atoms with Gasteiger partial charge >= 0.3 is 11.9 Å². The number of anilines is 1. The van der Waals surface area contributed by atoms with Crippen molar-refractivity contribution in [2.45, 2.75) is 19.4 Å². The zero-order valence-corrected chi connectivity index (χ0v) is 14.7. The maximum Gasteiger partial charge on any atom is 0.339 e. The molecule has 2 aromatic carbocycles. The Hall–Kier alpha value is -2.86. The van der Waals surface area contributed by atoms with Crippen molar-refractivity contribution < 1.29 is 23.9 Å². The zero-order valence-electron chi connectivity index (χ0n) is 14.0. The molecule has 1 N–H and O–H groups in total. The van der Waals surface area contributed by atoms with E-state index in [4.69, 9.17) is 21.1 Å². The molecule has 0 saturated heterocycles. The van der Waals surface area contributed by atoms with E-state index < -0.39 is 23.9 Å². The molecule has 0 bridgehead atoms. The quantitative estimate of drug-likeness (QED) is 0.832. The fraction of sp³-hybridized carbons (Fsp3) is 0.211. The molecular formula is C19H16ClNO5. The van der Waals surface area contributed by atoms with Gasteiger partial charge in [-0.2, -0.15) is 0 Å². The highest BCUT2D eigenvalue weighted by Crippen LogP contribution is 2.24. The highest BCUT2D eigenvalue weighted by atomic mass is 35.5. The van der Waals surface area contributed by atoms with Crippen molar-refractivity contribution in [2.75, 3.05) is 11.9 Å². The predicted octanol–water partition coefficient (Wildman–Crippen LogP) is 3.24. The van der Waals surface area contributed by atoms with E-state index in [0.29, 0.717) is 27.4 Å². The average molecular weight is 374 g/mol. The Morgan fingerprint density at radius 1 is 1.23 bits per heavy atom. The highest BCUT2D eigenvalue weighted by Gasteiger charge is 2.31. The van der Waals surface area contributed by atoms with Crippen molar-refractivity contribution >= 4 is 35.1 Å². The molecule has 0 fully saturated rings. The van der Waals surface area contributed by atoms with Crippen LogP contribution in [0.5, 0.6) is 0 Å². The highest BCUT2D eigenvalue weighted by molar-refractivity contribution is 6.31. The number of hydrogen-bond donors (Lipinski definition) is 1. The molecule has 1 heterocycles. The number of cyclic esters (lactones) is 1. The molecule has 7 heteroatoms. The smallest absolute Gasteiger partial charge is 0.339 e. The first kappa shape index (κ1) is 17.9. The summed E-state index contributed by atoms with van der Waals surface area (Å²) in [6.45, 7) is 2.01. The fourth-order valence-corrected chi connectivity index (χ4v) is 2.80. The van der Waals surface area contributed by atoms with Crippen molar-refractivity contribution in [2.24, 2.45) is 0 Å². The normalized spacial score (nSPS) is 15.6. The average Bonchev–Trinajstić information content (AvgIpc) is 2.63. The number of nitrogens with one attached hydrogen (secondary N) is 1. The molecule has 0 aromatic heterocycles. The molecule has 2 aromatic rings. The van der Waals surface area contributed by atoms with Gasteiger partial charge in [0.15, 0.2) is 6.10 Å². The Morgan fingerprint density at radius 3 is 2.65 bits per heavy atom. The Kier molecular flexibility index (Phi) is 5.23. The van der Waals surface area contributed by atoms with Crippen LogP contribution in [-0.2, 0) is 20.7 Å². The summed E-state index contributed by atoms with van der Waals surface area (Å²) in [6, 6.07) is 11.2. The zero-order chi connectivity index (χ0) is 18.7. The van der Waals surface area contributed by atoms with Crippen molar-refractivity contribution in [3.63, 3.8) is 0 Å². The molecule has 0 radical (unpaired) electrons. The molecule has 6 nitrogen and oxygen atoms in total. The molecule has 1 aliphatic heterocycles. The minimum Gasteiger partial charge on any atom is -0.462 e. The minimum absolute atomic E-state index is 0.269. The summed E-state index contributed by atoms with van der Waals surface area (Å²) in [5.74, 6) is -1.45. The lowest BCUT2D eigenvalue weighted by atomic mass is 9.98. The number of rotatable bonds is 4. The van der Waals surface area contributed by atoms with Gasteiger partial charge in [-0.15, -0.1) is 0 Å². The van der Waals surface area contributed by atoms with Gasteiger partial charge in [0.1, 0.15) is 0 Å². The number of esters is 2.